The van der Waals surface area contributed by atoms with Crippen molar-refractivity contribution in [1.82, 2.24) is 0 Å². The average molecular weight is 450 g/mol. The number of aromatic hydroxyl groups is 6. The number of hydrogen-bond donors (Lipinski definition) is 6. The molecule has 170 valence electrons. The standard InChI is InChI=1S/C25H22O8/c26-19-7-2-15(13-22(19)29)1-6-18-17(4-9-21(28)25(18)32)5-10-24(31)33-12-11-16-3-8-20(27)23(30)14-16/h1-10,13-14,26-30,32H,11-12H2/b6-1+,10-5+. The maximum atomic E-state index is 12.1. The molecule has 6 N–H and O–H groups in total. The van der Waals surface area contributed by atoms with Crippen molar-refractivity contribution in [3.05, 3.63) is 76.9 Å². The summed E-state index contributed by atoms with van der Waals surface area (Å²) >= 11 is 0. The molecule has 0 saturated carbocycles. The molecule has 0 heterocycles. The van der Waals surface area contributed by atoms with E-state index in [2.05, 4.69) is 0 Å². The Kier molecular flexibility index (Phi) is 7.10. The Labute approximate surface area is 189 Å². The lowest BCUT2D eigenvalue weighted by Gasteiger charge is -2.07. The second kappa shape index (κ2) is 10.1. The number of carbonyl (C=O) groups is 1. The summed E-state index contributed by atoms with van der Waals surface area (Å²) in [5.41, 5.74) is 1.86. The third-order valence-corrected chi connectivity index (χ3v) is 4.75. The monoisotopic (exact) mass is 450 g/mol. The summed E-state index contributed by atoms with van der Waals surface area (Å²) in [6.07, 6.45) is 5.96. The van der Waals surface area contributed by atoms with Crippen molar-refractivity contribution in [3.8, 4) is 34.5 Å². The van der Waals surface area contributed by atoms with E-state index < -0.39 is 11.7 Å². The fourth-order valence-corrected chi connectivity index (χ4v) is 2.96. The summed E-state index contributed by atoms with van der Waals surface area (Å²) < 4.78 is 5.13. The first-order valence-electron chi connectivity index (χ1n) is 9.85. The van der Waals surface area contributed by atoms with Gasteiger partial charge in [0.15, 0.2) is 34.5 Å². The Balaban J connectivity index is 1.69. The van der Waals surface area contributed by atoms with Gasteiger partial charge in [0.2, 0.25) is 0 Å². The lowest BCUT2D eigenvalue weighted by molar-refractivity contribution is -0.137. The van der Waals surface area contributed by atoms with Crippen LogP contribution in [0.1, 0.15) is 22.3 Å². The van der Waals surface area contributed by atoms with E-state index in [1.807, 2.05) is 0 Å². The maximum Gasteiger partial charge on any atom is 0.330 e. The highest BCUT2D eigenvalue weighted by Crippen LogP contribution is 2.34. The van der Waals surface area contributed by atoms with E-state index in [9.17, 15) is 35.4 Å². The first-order valence-corrected chi connectivity index (χ1v) is 9.85. The molecule has 8 heteroatoms. The van der Waals surface area contributed by atoms with Crippen molar-refractivity contribution in [2.24, 2.45) is 0 Å². The summed E-state index contributed by atoms with van der Waals surface area (Å²) in [7, 11) is 0. The Bertz CT molecular complexity index is 1230. The van der Waals surface area contributed by atoms with Crippen LogP contribution in [0.4, 0.5) is 0 Å². The van der Waals surface area contributed by atoms with Crippen LogP contribution in [0, 0.1) is 0 Å². The van der Waals surface area contributed by atoms with Crippen molar-refractivity contribution < 1.29 is 40.2 Å². The van der Waals surface area contributed by atoms with Crippen LogP contribution >= 0.6 is 0 Å². The lowest BCUT2D eigenvalue weighted by Crippen LogP contribution is -2.04. The van der Waals surface area contributed by atoms with Crippen LogP contribution in [-0.4, -0.2) is 43.2 Å². The van der Waals surface area contributed by atoms with E-state index in [-0.39, 0.29) is 40.9 Å². The summed E-state index contributed by atoms with van der Waals surface area (Å²) in [5, 5.41) is 57.9. The zero-order chi connectivity index (χ0) is 24.0. The van der Waals surface area contributed by atoms with Crippen LogP contribution < -0.4 is 0 Å². The van der Waals surface area contributed by atoms with Crippen LogP contribution in [0.2, 0.25) is 0 Å². The Morgan fingerprint density at radius 1 is 0.727 bits per heavy atom. The molecule has 0 bridgehead atoms. The molecule has 0 spiro atoms. The van der Waals surface area contributed by atoms with E-state index in [4.69, 9.17) is 4.74 Å². The van der Waals surface area contributed by atoms with E-state index in [0.717, 1.165) is 0 Å². The van der Waals surface area contributed by atoms with Crippen LogP contribution in [-0.2, 0) is 16.0 Å². The zero-order valence-electron chi connectivity index (χ0n) is 17.3. The average Bonchev–Trinajstić information content (AvgIpc) is 2.78. The number of benzene rings is 3. The Morgan fingerprint density at radius 2 is 1.39 bits per heavy atom. The molecule has 0 radical (unpaired) electrons. The summed E-state index contributed by atoms with van der Waals surface area (Å²) in [6, 6.07) is 11.3. The summed E-state index contributed by atoms with van der Waals surface area (Å²) in [6.45, 7) is 0.0469. The number of hydrogen-bond acceptors (Lipinski definition) is 8. The molecule has 0 amide bonds. The topological polar surface area (TPSA) is 148 Å². The maximum absolute atomic E-state index is 12.1. The quantitative estimate of drug-likeness (QED) is 0.137. The lowest BCUT2D eigenvalue weighted by atomic mass is 10.0. The van der Waals surface area contributed by atoms with Gasteiger partial charge in [0, 0.05) is 18.1 Å². The van der Waals surface area contributed by atoms with Crippen LogP contribution in [0.3, 0.4) is 0 Å². The van der Waals surface area contributed by atoms with Crippen LogP contribution in [0.5, 0.6) is 34.5 Å². The second-order valence-electron chi connectivity index (χ2n) is 7.09. The normalized spacial score (nSPS) is 11.3. The van der Waals surface area contributed by atoms with Gasteiger partial charge >= 0.3 is 5.97 Å². The van der Waals surface area contributed by atoms with Crippen molar-refractivity contribution in [3.63, 3.8) is 0 Å². The molecule has 0 saturated heterocycles. The Morgan fingerprint density at radius 3 is 2.09 bits per heavy atom. The molecule has 0 aliphatic carbocycles. The van der Waals surface area contributed by atoms with Crippen molar-refractivity contribution in [2.75, 3.05) is 6.61 Å². The van der Waals surface area contributed by atoms with Gasteiger partial charge in [-0.25, -0.2) is 4.79 Å². The van der Waals surface area contributed by atoms with E-state index in [1.54, 1.807) is 18.2 Å². The highest BCUT2D eigenvalue weighted by molar-refractivity contribution is 5.89. The third kappa shape index (κ3) is 5.98. The van der Waals surface area contributed by atoms with Gasteiger partial charge in [0.25, 0.3) is 0 Å². The van der Waals surface area contributed by atoms with Gasteiger partial charge in [-0.15, -0.1) is 0 Å². The van der Waals surface area contributed by atoms with Crippen molar-refractivity contribution in [2.45, 2.75) is 6.42 Å². The van der Waals surface area contributed by atoms with Gasteiger partial charge in [-0.2, -0.15) is 0 Å². The van der Waals surface area contributed by atoms with Crippen LogP contribution in [0.25, 0.3) is 18.2 Å². The number of phenolic OH excluding ortho intramolecular Hbond substituents is 6. The number of esters is 1. The summed E-state index contributed by atoms with van der Waals surface area (Å²) in [4.78, 5) is 12.1. The molecule has 3 rings (SSSR count). The summed E-state index contributed by atoms with van der Waals surface area (Å²) in [5.74, 6) is -2.43. The highest BCUT2D eigenvalue weighted by Gasteiger charge is 2.09. The molecular weight excluding hydrogens is 428 g/mol. The zero-order valence-corrected chi connectivity index (χ0v) is 17.3. The number of carbonyl (C=O) groups excluding carboxylic acids is 1. The van der Waals surface area contributed by atoms with E-state index in [1.165, 1.54) is 54.6 Å². The molecule has 0 aliphatic heterocycles. The molecular formula is C25H22O8. The molecule has 0 aromatic heterocycles. The first kappa shape index (κ1) is 23.1. The SMILES string of the molecule is O=C(/C=C/c1ccc(O)c(O)c1/C=C/c1ccc(O)c(O)c1)OCCc1ccc(O)c(O)c1. The van der Waals surface area contributed by atoms with Gasteiger partial charge in [0.05, 0.1) is 6.61 Å². The fourth-order valence-electron chi connectivity index (χ4n) is 2.96. The number of rotatable bonds is 7. The molecule has 0 unspecified atom stereocenters. The minimum Gasteiger partial charge on any atom is -0.504 e. The molecule has 0 atom stereocenters. The number of phenols is 6. The van der Waals surface area contributed by atoms with E-state index in [0.29, 0.717) is 23.1 Å². The number of ether oxygens (including phenoxy) is 1. The van der Waals surface area contributed by atoms with E-state index >= 15 is 0 Å². The second-order valence-corrected chi connectivity index (χ2v) is 7.09. The third-order valence-electron chi connectivity index (χ3n) is 4.75. The van der Waals surface area contributed by atoms with Crippen molar-refractivity contribution >= 4 is 24.2 Å². The highest BCUT2D eigenvalue weighted by atomic mass is 16.5. The molecule has 3 aromatic carbocycles. The smallest absolute Gasteiger partial charge is 0.330 e. The molecule has 0 fully saturated rings. The van der Waals surface area contributed by atoms with Gasteiger partial charge in [-0.1, -0.05) is 24.3 Å². The van der Waals surface area contributed by atoms with Crippen molar-refractivity contribution in [1.29, 1.82) is 0 Å². The Hall–Kier alpha value is -4.59. The first-order chi connectivity index (χ1) is 15.7. The van der Waals surface area contributed by atoms with Gasteiger partial charge in [0.1, 0.15) is 0 Å². The molecule has 33 heavy (non-hydrogen) atoms. The van der Waals surface area contributed by atoms with Crippen LogP contribution in [0.15, 0.2) is 54.6 Å². The fraction of sp³-hybridized carbons (Fsp3) is 0.0800. The van der Waals surface area contributed by atoms with Gasteiger partial charge < -0.3 is 35.4 Å². The van der Waals surface area contributed by atoms with Gasteiger partial charge in [-0.3, -0.25) is 0 Å². The molecule has 3 aromatic rings. The minimum absolute atomic E-state index is 0.0469. The predicted molar refractivity (Wildman–Crippen MR) is 122 cm³/mol. The predicted octanol–water partition coefficient (Wildman–Crippen LogP) is 3.89. The van der Waals surface area contributed by atoms with Gasteiger partial charge in [-0.05, 0) is 59.2 Å². The minimum atomic E-state index is -0.635. The molecule has 8 nitrogen and oxygen atoms in total. The largest absolute Gasteiger partial charge is 0.504 e. The molecule has 0 aliphatic rings.